The van der Waals surface area contributed by atoms with E-state index in [1.807, 2.05) is 25.4 Å². The van der Waals surface area contributed by atoms with E-state index in [1.54, 1.807) is 0 Å². The number of rotatable bonds is 3. The van der Waals surface area contributed by atoms with E-state index in [4.69, 9.17) is 5.84 Å². The van der Waals surface area contributed by atoms with Crippen LogP contribution < -0.4 is 11.3 Å². The number of aromatic nitrogens is 1. The number of aryl methyl sites for hydroxylation is 1. The number of pyridine rings is 1. The van der Waals surface area contributed by atoms with Gasteiger partial charge in [0.05, 0.1) is 6.04 Å². The van der Waals surface area contributed by atoms with E-state index >= 15 is 0 Å². The molecule has 3 aromatic rings. The molecule has 0 aliphatic heterocycles. The molecule has 2 aromatic carbocycles. The highest BCUT2D eigenvalue weighted by molar-refractivity contribution is 9.10. The van der Waals surface area contributed by atoms with Crippen molar-refractivity contribution in [3.05, 3.63) is 76.0 Å². The van der Waals surface area contributed by atoms with E-state index < -0.39 is 0 Å². The van der Waals surface area contributed by atoms with Gasteiger partial charge in [-0.1, -0.05) is 40.2 Å². The topological polar surface area (TPSA) is 50.9 Å². The smallest absolute Gasteiger partial charge is 0.0725 e. The Balaban J connectivity index is 2.06. The zero-order valence-electron chi connectivity index (χ0n) is 11.7. The van der Waals surface area contributed by atoms with Gasteiger partial charge in [-0.3, -0.25) is 10.8 Å². The molecule has 0 fully saturated rings. The van der Waals surface area contributed by atoms with Gasteiger partial charge in [-0.2, -0.15) is 0 Å². The van der Waals surface area contributed by atoms with Gasteiger partial charge in [0.2, 0.25) is 0 Å². The Morgan fingerprint density at radius 3 is 2.52 bits per heavy atom. The van der Waals surface area contributed by atoms with Gasteiger partial charge >= 0.3 is 0 Å². The Kier molecular flexibility index (Phi) is 4.01. The van der Waals surface area contributed by atoms with Crippen LogP contribution in [0.15, 0.2) is 59.3 Å². The zero-order chi connectivity index (χ0) is 14.8. The molecule has 0 bridgehead atoms. The van der Waals surface area contributed by atoms with Crippen molar-refractivity contribution in [2.24, 2.45) is 5.84 Å². The lowest BCUT2D eigenvalue weighted by molar-refractivity contribution is 0.635. The molecular weight excluding hydrogens is 326 g/mol. The fourth-order valence-electron chi connectivity index (χ4n) is 2.54. The summed E-state index contributed by atoms with van der Waals surface area (Å²) in [6.07, 6.45) is 3.69. The second kappa shape index (κ2) is 5.93. The lowest BCUT2D eigenvalue weighted by Crippen LogP contribution is -2.29. The Hall–Kier alpha value is -1.75. The Labute approximate surface area is 132 Å². The molecule has 0 amide bonds. The first-order valence-corrected chi connectivity index (χ1v) is 7.53. The molecule has 21 heavy (non-hydrogen) atoms. The fourth-order valence-corrected chi connectivity index (χ4v) is 2.91. The average Bonchev–Trinajstić information content (AvgIpc) is 2.48. The molecule has 1 atom stereocenters. The van der Waals surface area contributed by atoms with E-state index in [9.17, 15) is 0 Å². The standard InChI is InChI=1S/C17H16BrN3/c1-11-6-15(10-20-9-11)17(21-19)14-3-2-13-8-16(18)5-4-12(13)7-14/h2-10,17,21H,19H2,1H3. The van der Waals surface area contributed by atoms with Gasteiger partial charge in [0.1, 0.15) is 0 Å². The molecule has 0 aliphatic carbocycles. The number of benzene rings is 2. The van der Waals surface area contributed by atoms with Crippen molar-refractivity contribution >= 4 is 26.7 Å². The zero-order valence-corrected chi connectivity index (χ0v) is 13.3. The van der Waals surface area contributed by atoms with Gasteiger partial charge in [-0.15, -0.1) is 0 Å². The maximum absolute atomic E-state index is 5.77. The highest BCUT2D eigenvalue weighted by atomic mass is 79.9. The molecule has 106 valence electrons. The summed E-state index contributed by atoms with van der Waals surface area (Å²) in [5, 5.41) is 2.39. The highest BCUT2D eigenvalue weighted by Gasteiger charge is 2.13. The SMILES string of the molecule is Cc1cncc(C(NN)c2ccc3cc(Br)ccc3c2)c1. The van der Waals surface area contributed by atoms with Crippen molar-refractivity contribution in [2.45, 2.75) is 13.0 Å². The van der Waals surface area contributed by atoms with Crippen molar-refractivity contribution in [1.82, 2.24) is 10.4 Å². The molecule has 0 saturated heterocycles. The lowest BCUT2D eigenvalue weighted by atomic mass is 9.97. The molecule has 0 saturated carbocycles. The molecule has 3 N–H and O–H groups in total. The maximum atomic E-state index is 5.77. The molecule has 4 heteroatoms. The van der Waals surface area contributed by atoms with Crippen molar-refractivity contribution in [3.8, 4) is 0 Å². The Bertz CT molecular complexity index is 786. The first-order valence-electron chi connectivity index (χ1n) is 6.74. The van der Waals surface area contributed by atoms with Crippen molar-refractivity contribution in [2.75, 3.05) is 0 Å². The molecule has 0 spiro atoms. The molecule has 3 nitrogen and oxygen atoms in total. The summed E-state index contributed by atoms with van der Waals surface area (Å²) in [5.74, 6) is 5.77. The van der Waals surface area contributed by atoms with E-state index in [2.05, 4.69) is 62.7 Å². The first-order chi connectivity index (χ1) is 10.2. The van der Waals surface area contributed by atoms with Crippen LogP contribution >= 0.6 is 15.9 Å². The number of nitrogens with zero attached hydrogens (tertiary/aromatic N) is 1. The quantitative estimate of drug-likeness (QED) is 0.561. The number of nitrogens with two attached hydrogens (primary N) is 1. The van der Waals surface area contributed by atoms with E-state index in [1.165, 1.54) is 10.8 Å². The third-order valence-electron chi connectivity index (χ3n) is 3.56. The van der Waals surface area contributed by atoms with Crippen LogP contribution in [0.3, 0.4) is 0 Å². The molecule has 1 heterocycles. The van der Waals surface area contributed by atoms with Gasteiger partial charge in [-0.05, 0) is 52.6 Å². The normalized spacial score (nSPS) is 12.5. The second-order valence-electron chi connectivity index (χ2n) is 5.15. The summed E-state index contributed by atoms with van der Waals surface area (Å²) in [6, 6.07) is 14.7. The van der Waals surface area contributed by atoms with Crippen LogP contribution in [0, 0.1) is 6.92 Å². The molecule has 0 aliphatic rings. The van der Waals surface area contributed by atoms with Crippen LogP contribution in [0.4, 0.5) is 0 Å². The minimum Gasteiger partial charge on any atom is -0.271 e. The Morgan fingerprint density at radius 1 is 1.00 bits per heavy atom. The van der Waals surface area contributed by atoms with Crippen molar-refractivity contribution < 1.29 is 0 Å². The Morgan fingerprint density at radius 2 is 1.76 bits per heavy atom. The van der Waals surface area contributed by atoms with Gasteiger partial charge in [-0.25, -0.2) is 5.43 Å². The third kappa shape index (κ3) is 2.97. The van der Waals surface area contributed by atoms with Crippen LogP contribution in [0.5, 0.6) is 0 Å². The van der Waals surface area contributed by atoms with E-state index in [0.29, 0.717) is 0 Å². The third-order valence-corrected chi connectivity index (χ3v) is 4.05. The molecular formula is C17H16BrN3. The summed E-state index contributed by atoms with van der Waals surface area (Å²) < 4.78 is 1.08. The second-order valence-corrected chi connectivity index (χ2v) is 6.06. The van der Waals surface area contributed by atoms with Gasteiger partial charge in [0, 0.05) is 16.9 Å². The van der Waals surface area contributed by atoms with Crippen LogP contribution in [0.1, 0.15) is 22.7 Å². The summed E-state index contributed by atoms with van der Waals surface area (Å²) in [7, 11) is 0. The monoisotopic (exact) mass is 341 g/mol. The van der Waals surface area contributed by atoms with E-state index in [0.717, 1.165) is 21.2 Å². The fraction of sp³-hybridized carbons (Fsp3) is 0.118. The summed E-state index contributed by atoms with van der Waals surface area (Å²) >= 11 is 3.50. The number of hydrogen-bond acceptors (Lipinski definition) is 3. The average molecular weight is 342 g/mol. The number of hydrogen-bond donors (Lipinski definition) is 2. The van der Waals surface area contributed by atoms with Crippen LogP contribution in [0.25, 0.3) is 10.8 Å². The van der Waals surface area contributed by atoms with Gasteiger partial charge in [0.15, 0.2) is 0 Å². The molecule has 3 rings (SSSR count). The van der Waals surface area contributed by atoms with Crippen LogP contribution in [-0.4, -0.2) is 4.98 Å². The molecule has 1 unspecified atom stereocenters. The van der Waals surface area contributed by atoms with Gasteiger partial charge < -0.3 is 0 Å². The lowest BCUT2D eigenvalue weighted by Gasteiger charge is -2.17. The van der Waals surface area contributed by atoms with Gasteiger partial charge in [0.25, 0.3) is 0 Å². The minimum absolute atomic E-state index is 0.0644. The predicted molar refractivity (Wildman–Crippen MR) is 89.8 cm³/mol. The number of halogens is 1. The summed E-state index contributed by atoms with van der Waals surface area (Å²) in [4.78, 5) is 4.25. The first kappa shape index (κ1) is 14.2. The van der Waals surface area contributed by atoms with Crippen LogP contribution in [-0.2, 0) is 0 Å². The van der Waals surface area contributed by atoms with Crippen molar-refractivity contribution in [3.63, 3.8) is 0 Å². The van der Waals surface area contributed by atoms with E-state index in [-0.39, 0.29) is 6.04 Å². The predicted octanol–water partition coefficient (Wildman–Crippen LogP) is 3.86. The number of nitrogens with one attached hydrogen (secondary N) is 1. The molecule has 1 aromatic heterocycles. The van der Waals surface area contributed by atoms with Crippen molar-refractivity contribution in [1.29, 1.82) is 0 Å². The minimum atomic E-state index is -0.0644. The van der Waals surface area contributed by atoms with Crippen LogP contribution in [0.2, 0.25) is 0 Å². The summed E-state index contributed by atoms with van der Waals surface area (Å²) in [5.41, 5.74) is 6.20. The number of fused-ring (bicyclic) bond motifs is 1. The molecule has 0 radical (unpaired) electrons. The maximum Gasteiger partial charge on any atom is 0.0725 e. The highest BCUT2D eigenvalue weighted by Crippen LogP contribution is 2.26. The summed E-state index contributed by atoms with van der Waals surface area (Å²) in [6.45, 7) is 2.03. The largest absolute Gasteiger partial charge is 0.271 e. The number of hydrazine groups is 1.